The minimum absolute atomic E-state index is 0.163. The average molecular weight is 350 g/mol. The molecule has 0 unspecified atom stereocenters. The number of phenols is 1. The van der Waals surface area contributed by atoms with E-state index in [4.69, 9.17) is 4.42 Å². The molecule has 1 aromatic heterocycles. The largest absolute Gasteiger partial charge is 0.508 e. The smallest absolute Gasteiger partial charge is 0.291 e. The molecule has 0 fully saturated rings. The second-order valence-electron chi connectivity index (χ2n) is 5.83. The van der Waals surface area contributed by atoms with Crippen molar-refractivity contribution in [3.8, 4) is 5.75 Å². The van der Waals surface area contributed by atoms with Crippen LogP contribution in [-0.2, 0) is 11.2 Å². The summed E-state index contributed by atoms with van der Waals surface area (Å²) in [6.45, 7) is 1.77. The molecule has 0 atom stereocenters. The highest BCUT2D eigenvalue weighted by Gasteiger charge is 2.10. The summed E-state index contributed by atoms with van der Waals surface area (Å²) in [6.07, 6.45) is 0.205. The Labute approximate surface area is 150 Å². The summed E-state index contributed by atoms with van der Waals surface area (Å²) < 4.78 is 5.27. The molecule has 0 bridgehead atoms. The summed E-state index contributed by atoms with van der Waals surface area (Å²) in [5, 5.41) is 14.8. The standard InChI is InChI=1S/C20H18N2O4/c1-13-2-11-18(26-13)20(25)22-16-7-5-15(6-8-16)21-19(24)12-14-3-9-17(23)10-4-14/h2-11,23H,12H2,1H3,(H,21,24)(H,22,25). The lowest BCUT2D eigenvalue weighted by molar-refractivity contribution is -0.115. The number of anilines is 2. The third-order valence-corrected chi connectivity index (χ3v) is 3.69. The Balaban J connectivity index is 1.56. The first-order valence-electron chi connectivity index (χ1n) is 8.05. The van der Waals surface area contributed by atoms with Crippen molar-refractivity contribution in [3.05, 3.63) is 77.7 Å². The third-order valence-electron chi connectivity index (χ3n) is 3.69. The zero-order chi connectivity index (χ0) is 18.5. The number of carbonyl (C=O) groups is 2. The van der Waals surface area contributed by atoms with Crippen LogP contribution < -0.4 is 10.6 Å². The highest BCUT2D eigenvalue weighted by molar-refractivity contribution is 6.02. The first kappa shape index (κ1) is 17.3. The molecular weight excluding hydrogens is 332 g/mol. The summed E-state index contributed by atoms with van der Waals surface area (Å²) in [7, 11) is 0. The fourth-order valence-electron chi connectivity index (χ4n) is 2.39. The predicted molar refractivity (Wildman–Crippen MR) is 98.3 cm³/mol. The minimum atomic E-state index is -0.331. The SMILES string of the molecule is Cc1ccc(C(=O)Nc2ccc(NC(=O)Cc3ccc(O)cc3)cc2)o1. The number of phenolic OH excluding ortho intramolecular Hbond substituents is 1. The van der Waals surface area contributed by atoms with Crippen LogP contribution in [-0.4, -0.2) is 16.9 Å². The first-order chi connectivity index (χ1) is 12.5. The van der Waals surface area contributed by atoms with E-state index in [0.29, 0.717) is 17.1 Å². The van der Waals surface area contributed by atoms with Gasteiger partial charge < -0.3 is 20.2 Å². The Hall–Kier alpha value is -3.54. The van der Waals surface area contributed by atoms with E-state index in [2.05, 4.69) is 10.6 Å². The molecule has 0 aliphatic rings. The van der Waals surface area contributed by atoms with Crippen molar-refractivity contribution >= 4 is 23.2 Å². The Kier molecular flexibility index (Phi) is 5.03. The second-order valence-corrected chi connectivity index (χ2v) is 5.83. The quantitative estimate of drug-likeness (QED) is 0.654. The Bertz CT molecular complexity index is 912. The van der Waals surface area contributed by atoms with Crippen molar-refractivity contribution < 1.29 is 19.1 Å². The molecule has 1 heterocycles. The normalized spacial score (nSPS) is 10.3. The molecule has 0 spiro atoms. The van der Waals surface area contributed by atoms with Gasteiger partial charge in [0.15, 0.2) is 5.76 Å². The molecular formula is C20H18N2O4. The van der Waals surface area contributed by atoms with Crippen molar-refractivity contribution in [2.45, 2.75) is 13.3 Å². The van der Waals surface area contributed by atoms with E-state index in [1.54, 1.807) is 67.6 Å². The van der Waals surface area contributed by atoms with Gasteiger partial charge in [0, 0.05) is 11.4 Å². The number of hydrogen-bond acceptors (Lipinski definition) is 4. The Morgan fingerprint density at radius 1 is 0.885 bits per heavy atom. The van der Waals surface area contributed by atoms with Gasteiger partial charge in [-0.25, -0.2) is 0 Å². The highest BCUT2D eigenvalue weighted by atomic mass is 16.3. The van der Waals surface area contributed by atoms with Gasteiger partial charge in [-0.1, -0.05) is 12.1 Å². The number of hydrogen-bond donors (Lipinski definition) is 3. The van der Waals surface area contributed by atoms with Crippen molar-refractivity contribution in [2.24, 2.45) is 0 Å². The van der Waals surface area contributed by atoms with Crippen molar-refractivity contribution in [1.29, 1.82) is 0 Å². The summed E-state index contributed by atoms with van der Waals surface area (Å²) in [4.78, 5) is 24.1. The molecule has 0 aliphatic heterocycles. The summed E-state index contributed by atoms with van der Waals surface area (Å²) in [5.41, 5.74) is 2.03. The Morgan fingerprint density at radius 2 is 1.50 bits per heavy atom. The van der Waals surface area contributed by atoms with Crippen LogP contribution in [0.4, 0.5) is 11.4 Å². The molecule has 3 rings (SSSR count). The fourth-order valence-corrected chi connectivity index (χ4v) is 2.39. The molecule has 0 aliphatic carbocycles. The molecule has 132 valence electrons. The number of benzene rings is 2. The van der Waals surface area contributed by atoms with Crippen LogP contribution in [0.5, 0.6) is 5.75 Å². The van der Waals surface area contributed by atoms with Crippen LogP contribution >= 0.6 is 0 Å². The van der Waals surface area contributed by atoms with Gasteiger partial charge in [0.25, 0.3) is 5.91 Å². The molecule has 3 aromatic rings. The monoisotopic (exact) mass is 350 g/mol. The van der Waals surface area contributed by atoms with Gasteiger partial charge in [0.1, 0.15) is 11.5 Å². The molecule has 6 nitrogen and oxygen atoms in total. The number of nitrogens with one attached hydrogen (secondary N) is 2. The lowest BCUT2D eigenvalue weighted by atomic mass is 10.1. The number of aryl methyl sites for hydroxylation is 1. The first-order valence-corrected chi connectivity index (χ1v) is 8.05. The number of rotatable bonds is 5. The van der Waals surface area contributed by atoms with Crippen LogP contribution in [0.2, 0.25) is 0 Å². The maximum absolute atomic E-state index is 12.1. The van der Waals surface area contributed by atoms with Crippen molar-refractivity contribution in [3.63, 3.8) is 0 Å². The molecule has 26 heavy (non-hydrogen) atoms. The van der Waals surface area contributed by atoms with E-state index in [1.807, 2.05) is 0 Å². The van der Waals surface area contributed by atoms with E-state index in [1.165, 1.54) is 0 Å². The van der Waals surface area contributed by atoms with E-state index in [-0.39, 0.29) is 29.7 Å². The van der Waals surface area contributed by atoms with E-state index in [9.17, 15) is 14.7 Å². The molecule has 0 radical (unpaired) electrons. The zero-order valence-electron chi connectivity index (χ0n) is 14.2. The maximum atomic E-state index is 12.1. The lowest BCUT2D eigenvalue weighted by Crippen LogP contribution is -2.14. The van der Waals surface area contributed by atoms with Gasteiger partial charge in [0.05, 0.1) is 6.42 Å². The minimum Gasteiger partial charge on any atom is -0.508 e. The number of amides is 2. The molecule has 6 heteroatoms. The van der Waals surface area contributed by atoms with Crippen LogP contribution in [0.3, 0.4) is 0 Å². The van der Waals surface area contributed by atoms with Crippen LogP contribution in [0.15, 0.2) is 65.1 Å². The van der Waals surface area contributed by atoms with Crippen molar-refractivity contribution in [2.75, 3.05) is 10.6 Å². The van der Waals surface area contributed by atoms with Gasteiger partial charge in [-0.2, -0.15) is 0 Å². The predicted octanol–water partition coefficient (Wildman–Crippen LogP) is 3.73. The molecule has 2 aromatic carbocycles. The van der Waals surface area contributed by atoms with Gasteiger partial charge in [-0.05, 0) is 61.0 Å². The molecule has 0 saturated heterocycles. The van der Waals surface area contributed by atoms with Gasteiger partial charge in [-0.15, -0.1) is 0 Å². The number of carbonyl (C=O) groups excluding carboxylic acids is 2. The van der Waals surface area contributed by atoms with Gasteiger partial charge in [-0.3, -0.25) is 9.59 Å². The maximum Gasteiger partial charge on any atom is 0.291 e. The van der Waals surface area contributed by atoms with E-state index < -0.39 is 0 Å². The lowest BCUT2D eigenvalue weighted by Gasteiger charge is -2.07. The molecule has 2 amide bonds. The summed E-state index contributed by atoms with van der Waals surface area (Å²) in [6, 6.07) is 16.6. The van der Waals surface area contributed by atoms with E-state index in [0.717, 1.165) is 5.56 Å². The average Bonchev–Trinajstić information content (AvgIpc) is 3.05. The number of furan rings is 1. The molecule has 0 saturated carbocycles. The zero-order valence-corrected chi connectivity index (χ0v) is 14.2. The van der Waals surface area contributed by atoms with Crippen LogP contribution in [0.1, 0.15) is 21.9 Å². The van der Waals surface area contributed by atoms with Crippen molar-refractivity contribution in [1.82, 2.24) is 0 Å². The van der Waals surface area contributed by atoms with Crippen LogP contribution in [0.25, 0.3) is 0 Å². The third kappa shape index (κ3) is 4.51. The summed E-state index contributed by atoms with van der Waals surface area (Å²) >= 11 is 0. The molecule has 3 N–H and O–H groups in total. The van der Waals surface area contributed by atoms with E-state index >= 15 is 0 Å². The van der Waals surface area contributed by atoms with Gasteiger partial charge >= 0.3 is 0 Å². The van der Waals surface area contributed by atoms with Crippen LogP contribution in [0, 0.1) is 6.92 Å². The second kappa shape index (κ2) is 7.57. The summed E-state index contributed by atoms with van der Waals surface area (Å²) in [5.74, 6) is 0.577. The Morgan fingerprint density at radius 3 is 2.08 bits per heavy atom. The fraction of sp³-hybridized carbons (Fsp3) is 0.100. The topological polar surface area (TPSA) is 91.6 Å². The highest BCUT2D eigenvalue weighted by Crippen LogP contribution is 2.16. The number of aromatic hydroxyl groups is 1. The van der Waals surface area contributed by atoms with Gasteiger partial charge in [0.2, 0.25) is 5.91 Å².